The molecule has 1 atom stereocenters. The fourth-order valence-corrected chi connectivity index (χ4v) is 2.49. The molecule has 2 N–H and O–H groups in total. The Balaban J connectivity index is 1.91. The number of fused-ring (bicyclic) bond motifs is 1. The van der Waals surface area contributed by atoms with Gasteiger partial charge in [-0.25, -0.2) is 0 Å². The molecule has 0 spiro atoms. The second kappa shape index (κ2) is 6.66. The summed E-state index contributed by atoms with van der Waals surface area (Å²) in [7, 11) is 2.09. The van der Waals surface area contributed by atoms with E-state index in [0.29, 0.717) is 16.7 Å². The van der Waals surface area contributed by atoms with Crippen LogP contribution in [-0.2, 0) is 6.54 Å². The average molecular weight is 299 g/mol. The van der Waals surface area contributed by atoms with Crippen molar-refractivity contribution >= 4 is 11.6 Å². The molecule has 112 valence electrons. The van der Waals surface area contributed by atoms with Crippen LogP contribution < -0.4 is 15.2 Å². The number of hydrogen-bond donors (Lipinski definition) is 1. The molecule has 2 rings (SSSR count). The van der Waals surface area contributed by atoms with Gasteiger partial charge < -0.3 is 20.1 Å². The third-order valence-corrected chi connectivity index (χ3v) is 3.92. The maximum atomic E-state index is 6.18. The summed E-state index contributed by atoms with van der Waals surface area (Å²) in [5, 5.41) is 0.613. The van der Waals surface area contributed by atoms with Crippen LogP contribution in [0.3, 0.4) is 0 Å². The van der Waals surface area contributed by atoms with E-state index in [-0.39, 0.29) is 12.8 Å². The number of benzene rings is 1. The summed E-state index contributed by atoms with van der Waals surface area (Å²) in [5.74, 6) is 1.91. The molecule has 1 aliphatic rings. The van der Waals surface area contributed by atoms with Gasteiger partial charge in [-0.2, -0.15) is 0 Å². The minimum absolute atomic E-state index is 0.248. The number of nitrogens with two attached hydrogens (primary N) is 1. The maximum Gasteiger partial charge on any atom is 0.231 e. The second-order valence-electron chi connectivity index (χ2n) is 5.75. The van der Waals surface area contributed by atoms with Crippen LogP contribution in [0.4, 0.5) is 0 Å². The fourth-order valence-electron chi connectivity index (χ4n) is 2.21. The van der Waals surface area contributed by atoms with Crippen LogP contribution in [0.5, 0.6) is 11.5 Å². The van der Waals surface area contributed by atoms with Gasteiger partial charge in [-0.05, 0) is 43.6 Å². The van der Waals surface area contributed by atoms with Gasteiger partial charge in [-0.15, -0.1) is 0 Å². The zero-order valence-corrected chi connectivity index (χ0v) is 13.1. The lowest BCUT2D eigenvalue weighted by atomic mass is 10.0. The van der Waals surface area contributed by atoms with Crippen LogP contribution in [0, 0.1) is 5.92 Å². The van der Waals surface area contributed by atoms with E-state index in [2.05, 4.69) is 25.8 Å². The predicted molar refractivity (Wildman–Crippen MR) is 81.3 cm³/mol. The molecule has 0 saturated carbocycles. The first-order chi connectivity index (χ1) is 9.47. The maximum absolute atomic E-state index is 6.18. The Morgan fingerprint density at radius 2 is 2.10 bits per heavy atom. The van der Waals surface area contributed by atoms with Gasteiger partial charge >= 0.3 is 0 Å². The molecule has 1 heterocycles. The standard InChI is InChI=1S/C15H23ClN2O2/c1-10(2)13(17)4-5-18(3)8-11-6-12(16)15-14(7-11)19-9-20-15/h6-7,10,13H,4-5,8-9,17H2,1-3H3. The Morgan fingerprint density at radius 1 is 1.35 bits per heavy atom. The second-order valence-corrected chi connectivity index (χ2v) is 6.15. The topological polar surface area (TPSA) is 47.7 Å². The quantitative estimate of drug-likeness (QED) is 0.877. The van der Waals surface area contributed by atoms with E-state index in [4.69, 9.17) is 26.8 Å². The average Bonchev–Trinajstić information content (AvgIpc) is 2.84. The van der Waals surface area contributed by atoms with Gasteiger partial charge in [0.25, 0.3) is 0 Å². The Bertz CT molecular complexity index is 465. The van der Waals surface area contributed by atoms with Gasteiger partial charge in [-0.3, -0.25) is 0 Å². The number of ether oxygens (including phenoxy) is 2. The Kier molecular flexibility index (Phi) is 5.13. The molecule has 0 fully saturated rings. The van der Waals surface area contributed by atoms with Crippen molar-refractivity contribution in [2.75, 3.05) is 20.4 Å². The molecule has 1 unspecified atom stereocenters. The first-order valence-electron chi connectivity index (χ1n) is 6.99. The van der Waals surface area contributed by atoms with Crippen molar-refractivity contribution in [2.45, 2.75) is 32.9 Å². The van der Waals surface area contributed by atoms with Gasteiger partial charge in [0, 0.05) is 12.6 Å². The van der Waals surface area contributed by atoms with Gasteiger partial charge in [0.05, 0.1) is 5.02 Å². The summed E-state index contributed by atoms with van der Waals surface area (Å²) in [4.78, 5) is 2.25. The number of rotatable bonds is 6. The Morgan fingerprint density at radius 3 is 2.80 bits per heavy atom. The number of nitrogens with zero attached hydrogens (tertiary/aromatic N) is 1. The van der Waals surface area contributed by atoms with Crippen LogP contribution >= 0.6 is 11.6 Å². The molecule has 1 aliphatic heterocycles. The van der Waals surface area contributed by atoms with Crippen LogP contribution in [-0.4, -0.2) is 31.3 Å². The van der Waals surface area contributed by atoms with Crippen molar-refractivity contribution in [1.29, 1.82) is 0 Å². The zero-order valence-electron chi connectivity index (χ0n) is 12.4. The summed E-state index contributed by atoms with van der Waals surface area (Å²) in [6.07, 6.45) is 0.993. The summed E-state index contributed by atoms with van der Waals surface area (Å²) in [6, 6.07) is 4.18. The largest absolute Gasteiger partial charge is 0.454 e. The lowest BCUT2D eigenvalue weighted by molar-refractivity contribution is 0.174. The van der Waals surface area contributed by atoms with Gasteiger partial charge in [0.2, 0.25) is 6.79 Å². The molecule has 0 aromatic heterocycles. The van der Waals surface area contributed by atoms with Crippen LogP contribution in [0.25, 0.3) is 0 Å². The highest BCUT2D eigenvalue weighted by atomic mass is 35.5. The van der Waals surface area contributed by atoms with E-state index in [0.717, 1.165) is 30.8 Å². The fraction of sp³-hybridized carbons (Fsp3) is 0.600. The van der Waals surface area contributed by atoms with Gasteiger partial charge in [0.15, 0.2) is 11.5 Å². The summed E-state index contributed by atoms with van der Waals surface area (Å²) in [6.45, 7) is 6.34. The number of halogens is 1. The molecule has 20 heavy (non-hydrogen) atoms. The molecule has 0 aliphatic carbocycles. The zero-order chi connectivity index (χ0) is 14.7. The molecule has 5 heteroatoms. The van der Waals surface area contributed by atoms with E-state index in [1.807, 2.05) is 12.1 Å². The molecule has 0 saturated heterocycles. The molecular weight excluding hydrogens is 276 g/mol. The molecular formula is C15H23ClN2O2. The smallest absolute Gasteiger partial charge is 0.231 e. The molecule has 4 nitrogen and oxygen atoms in total. The molecule has 0 amide bonds. The van der Waals surface area contributed by atoms with Crippen molar-refractivity contribution < 1.29 is 9.47 Å². The van der Waals surface area contributed by atoms with Crippen molar-refractivity contribution in [3.63, 3.8) is 0 Å². The van der Waals surface area contributed by atoms with Crippen molar-refractivity contribution in [1.82, 2.24) is 4.90 Å². The number of hydrogen-bond acceptors (Lipinski definition) is 4. The van der Waals surface area contributed by atoms with E-state index >= 15 is 0 Å². The first kappa shape index (κ1) is 15.4. The first-order valence-corrected chi connectivity index (χ1v) is 7.37. The summed E-state index contributed by atoms with van der Waals surface area (Å²) >= 11 is 6.18. The molecule has 0 radical (unpaired) electrons. The Hall–Kier alpha value is -0.970. The summed E-state index contributed by atoms with van der Waals surface area (Å²) < 4.78 is 10.7. The SMILES string of the molecule is CC(C)C(N)CCN(C)Cc1cc(Cl)c2c(c1)OCO2. The Labute approximate surface area is 125 Å². The highest BCUT2D eigenvalue weighted by Crippen LogP contribution is 2.39. The van der Waals surface area contributed by atoms with Crippen molar-refractivity contribution in [3.05, 3.63) is 22.7 Å². The molecule has 1 aromatic carbocycles. The normalized spacial score (nSPS) is 15.2. The van der Waals surface area contributed by atoms with Crippen LogP contribution in [0.1, 0.15) is 25.8 Å². The van der Waals surface area contributed by atoms with Crippen molar-refractivity contribution in [2.24, 2.45) is 11.7 Å². The van der Waals surface area contributed by atoms with Crippen LogP contribution in [0.2, 0.25) is 5.02 Å². The monoisotopic (exact) mass is 298 g/mol. The van der Waals surface area contributed by atoms with Crippen LogP contribution in [0.15, 0.2) is 12.1 Å². The lowest BCUT2D eigenvalue weighted by Crippen LogP contribution is -2.31. The highest BCUT2D eigenvalue weighted by Gasteiger charge is 2.18. The van der Waals surface area contributed by atoms with E-state index in [1.54, 1.807) is 0 Å². The van der Waals surface area contributed by atoms with Gasteiger partial charge in [-0.1, -0.05) is 25.4 Å². The lowest BCUT2D eigenvalue weighted by Gasteiger charge is -2.21. The molecule has 0 bridgehead atoms. The predicted octanol–water partition coefficient (Wildman–Crippen LogP) is 2.87. The van der Waals surface area contributed by atoms with E-state index in [9.17, 15) is 0 Å². The van der Waals surface area contributed by atoms with E-state index in [1.165, 1.54) is 0 Å². The van der Waals surface area contributed by atoms with E-state index < -0.39 is 0 Å². The summed E-state index contributed by atoms with van der Waals surface area (Å²) in [5.41, 5.74) is 7.20. The van der Waals surface area contributed by atoms with Gasteiger partial charge in [0.1, 0.15) is 0 Å². The minimum Gasteiger partial charge on any atom is -0.454 e. The minimum atomic E-state index is 0.248. The van der Waals surface area contributed by atoms with Crippen molar-refractivity contribution in [3.8, 4) is 11.5 Å². The highest BCUT2D eigenvalue weighted by molar-refractivity contribution is 6.32. The third-order valence-electron chi connectivity index (χ3n) is 3.64. The molecule has 1 aromatic rings. The third kappa shape index (κ3) is 3.78.